The number of nitro groups is 1. The van der Waals surface area contributed by atoms with E-state index in [2.05, 4.69) is 5.32 Å². The van der Waals surface area contributed by atoms with Gasteiger partial charge in [0.15, 0.2) is 17.4 Å². The minimum atomic E-state index is -0.489. The Balaban J connectivity index is 2.14. The van der Waals surface area contributed by atoms with Gasteiger partial charge in [0.1, 0.15) is 0 Å². The summed E-state index contributed by atoms with van der Waals surface area (Å²) in [6.45, 7) is 7.57. The second-order valence-corrected chi connectivity index (χ2v) is 7.89. The van der Waals surface area contributed by atoms with Crippen LogP contribution in [-0.4, -0.2) is 9.91 Å². The minimum absolute atomic E-state index is 0.104. The number of benzene rings is 2. The van der Waals surface area contributed by atoms with E-state index in [0.717, 1.165) is 22.4 Å². The summed E-state index contributed by atoms with van der Waals surface area (Å²) in [5.74, 6) is -0.403. The van der Waals surface area contributed by atoms with E-state index in [9.17, 15) is 15.2 Å². The van der Waals surface area contributed by atoms with E-state index in [1.807, 2.05) is 51.1 Å². The van der Waals surface area contributed by atoms with Crippen LogP contribution in [0.25, 0.3) is 11.5 Å². The molecule has 3 aromatic rings. The average Bonchev–Trinajstić information content (AvgIpc) is 2.71. The van der Waals surface area contributed by atoms with E-state index < -0.39 is 10.7 Å². The third-order valence-corrected chi connectivity index (χ3v) is 5.37. The summed E-state index contributed by atoms with van der Waals surface area (Å²) < 4.78 is 1.65. The molecule has 6 nitrogen and oxygen atoms in total. The molecular weight excluding hydrogens is 410 g/mol. The summed E-state index contributed by atoms with van der Waals surface area (Å²) in [7, 11) is 0. The molecule has 1 aromatic heterocycles. The normalized spacial score (nSPS) is 11.6. The molecule has 0 spiro atoms. The van der Waals surface area contributed by atoms with Gasteiger partial charge in [0, 0.05) is 28.9 Å². The van der Waals surface area contributed by atoms with E-state index in [0.29, 0.717) is 5.56 Å². The number of anilines is 1. The fourth-order valence-electron chi connectivity index (χ4n) is 3.16. The summed E-state index contributed by atoms with van der Waals surface area (Å²) in [5.41, 5.74) is 4.75. The fraction of sp³-hybridized carbons (Fsp3) is 0.167. The molecule has 0 bridgehead atoms. The van der Waals surface area contributed by atoms with Crippen LogP contribution in [0.1, 0.15) is 27.8 Å². The molecule has 0 fully saturated rings. The van der Waals surface area contributed by atoms with E-state index in [-0.39, 0.29) is 21.9 Å². The highest BCUT2D eigenvalue weighted by Crippen LogP contribution is 2.24. The van der Waals surface area contributed by atoms with Crippen LogP contribution in [0.5, 0.6) is 0 Å². The van der Waals surface area contributed by atoms with Crippen LogP contribution in [-0.2, 0) is 0 Å². The van der Waals surface area contributed by atoms with Crippen LogP contribution in [0.15, 0.2) is 60.9 Å². The number of pyridine rings is 1. The van der Waals surface area contributed by atoms with Gasteiger partial charge >= 0.3 is 0 Å². The molecule has 0 saturated carbocycles. The Labute approximate surface area is 186 Å². The lowest BCUT2D eigenvalue weighted by Crippen LogP contribution is -2.40. The number of aromatic nitrogens is 1. The summed E-state index contributed by atoms with van der Waals surface area (Å²) >= 11 is 5.62. The largest absolute Gasteiger partial charge is 0.867 e. The van der Waals surface area contributed by atoms with Crippen LogP contribution in [0.2, 0.25) is 0 Å². The van der Waals surface area contributed by atoms with Gasteiger partial charge in [-0.25, -0.2) is 0 Å². The van der Waals surface area contributed by atoms with E-state index in [4.69, 9.17) is 12.2 Å². The van der Waals surface area contributed by atoms with Crippen molar-refractivity contribution in [3.05, 3.63) is 98.9 Å². The third kappa shape index (κ3) is 4.95. The Morgan fingerprint density at radius 3 is 2.35 bits per heavy atom. The second-order valence-electron chi connectivity index (χ2n) is 7.48. The van der Waals surface area contributed by atoms with Gasteiger partial charge in [0.05, 0.1) is 4.92 Å². The van der Waals surface area contributed by atoms with Crippen molar-refractivity contribution in [2.75, 3.05) is 5.32 Å². The number of nitrogens with one attached hydrogen (secondary N) is 1. The molecule has 3 rings (SSSR count). The molecule has 2 aromatic carbocycles. The lowest BCUT2D eigenvalue weighted by atomic mass is 10.1. The SMILES string of the molecule is Cc1ccc[n+](/C(C(=S)Nc2ccc(C)c(C)c2)=C(/[O-])c2ccc(C)c([N+](=O)[O-])c2)c1. The summed E-state index contributed by atoms with van der Waals surface area (Å²) in [5, 5.41) is 28.0. The molecular formula is C24H23N3O3S. The highest BCUT2D eigenvalue weighted by Gasteiger charge is 2.21. The predicted molar refractivity (Wildman–Crippen MR) is 124 cm³/mol. The van der Waals surface area contributed by atoms with Crippen molar-refractivity contribution in [3.8, 4) is 0 Å². The molecule has 0 unspecified atom stereocenters. The molecule has 1 heterocycles. The van der Waals surface area contributed by atoms with Crippen LogP contribution < -0.4 is 15.0 Å². The standard InChI is InChI=1S/C24H23N3O3S/c1-15-6-5-11-26(14-15)22(24(31)25-20-10-8-16(2)18(4)12-20)23(28)19-9-7-17(3)21(13-19)27(29)30/h5-14H,1-4H3,(H-,25,28,31). The Morgan fingerprint density at radius 1 is 1.00 bits per heavy atom. The molecule has 1 N–H and O–H groups in total. The molecule has 0 aliphatic rings. The topological polar surface area (TPSA) is 82.1 Å². The maximum absolute atomic E-state index is 13.5. The summed E-state index contributed by atoms with van der Waals surface area (Å²) in [6.07, 6.45) is 3.53. The maximum atomic E-state index is 13.5. The monoisotopic (exact) mass is 433 g/mol. The molecule has 7 heteroatoms. The molecule has 0 amide bonds. The number of nitro benzene ring substituents is 1. The highest BCUT2D eigenvalue weighted by atomic mass is 32.1. The van der Waals surface area contributed by atoms with Gasteiger partial charge in [-0.15, -0.1) is 0 Å². The van der Waals surface area contributed by atoms with E-state index in [1.165, 1.54) is 6.07 Å². The number of hydrogen-bond donors (Lipinski definition) is 1. The average molecular weight is 434 g/mol. The zero-order valence-electron chi connectivity index (χ0n) is 17.8. The smallest absolute Gasteiger partial charge is 0.272 e. The van der Waals surface area contributed by atoms with Gasteiger partial charge in [0.2, 0.25) is 5.70 Å². The Morgan fingerprint density at radius 2 is 1.71 bits per heavy atom. The Bertz CT molecular complexity index is 1220. The van der Waals surface area contributed by atoms with Crippen molar-refractivity contribution in [2.24, 2.45) is 0 Å². The zero-order chi connectivity index (χ0) is 22.7. The van der Waals surface area contributed by atoms with Crippen molar-refractivity contribution in [2.45, 2.75) is 27.7 Å². The van der Waals surface area contributed by atoms with E-state index in [1.54, 1.807) is 36.0 Å². The Kier molecular flexibility index (Phi) is 6.46. The Hall–Kier alpha value is -3.58. The van der Waals surface area contributed by atoms with Crippen molar-refractivity contribution >= 4 is 40.0 Å². The number of nitrogens with zero attached hydrogens (tertiary/aromatic N) is 2. The number of hydrogen-bond acceptors (Lipinski definition) is 4. The molecule has 0 aliphatic carbocycles. The second kappa shape index (κ2) is 9.06. The van der Waals surface area contributed by atoms with Gasteiger partial charge < -0.3 is 10.4 Å². The van der Waals surface area contributed by atoms with Crippen LogP contribution in [0.4, 0.5) is 11.4 Å². The lowest BCUT2D eigenvalue weighted by Gasteiger charge is -2.17. The summed E-state index contributed by atoms with van der Waals surface area (Å²) in [6, 6.07) is 14.0. The zero-order valence-corrected chi connectivity index (χ0v) is 18.6. The van der Waals surface area contributed by atoms with Gasteiger partial charge in [-0.3, -0.25) is 10.1 Å². The fourth-order valence-corrected chi connectivity index (χ4v) is 3.48. The van der Waals surface area contributed by atoms with Crippen molar-refractivity contribution in [1.82, 2.24) is 0 Å². The third-order valence-electron chi connectivity index (χ3n) is 5.07. The summed E-state index contributed by atoms with van der Waals surface area (Å²) in [4.78, 5) is 11.1. The first kappa shape index (κ1) is 22.1. The predicted octanol–water partition coefficient (Wildman–Crippen LogP) is 4.24. The van der Waals surface area contributed by atoms with Gasteiger partial charge in [-0.05, 0) is 68.3 Å². The van der Waals surface area contributed by atoms with Crippen LogP contribution >= 0.6 is 12.2 Å². The van der Waals surface area contributed by atoms with Crippen LogP contribution in [0, 0.1) is 37.8 Å². The van der Waals surface area contributed by atoms with Crippen molar-refractivity contribution < 1.29 is 14.6 Å². The quantitative estimate of drug-likeness (QED) is 0.163. The molecule has 31 heavy (non-hydrogen) atoms. The number of aryl methyl sites for hydroxylation is 4. The maximum Gasteiger partial charge on any atom is 0.272 e. The number of thiocarbonyl (C=S) groups is 1. The van der Waals surface area contributed by atoms with Crippen LogP contribution in [0.3, 0.4) is 0 Å². The number of rotatable bonds is 5. The van der Waals surface area contributed by atoms with Gasteiger partial charge in [-0.1, -0.05) is 30.4 Å². The van der Waals surface area contributed by atoms with E-state index >= 15 is 0 Å². The first-order valence-corrected chi connectivity index (χ1v) is 10.1. The van der Waals surface area contributed by atoms with Gasteiger partial charge in [0.25, 0.3) is 5.69 Å². The molecule has 0 radical (unpaired) electrons. The molecule has 158 valence electrons. The lowest BCUT2D eigenvalue weighted by molar-refractivity contribution is -0.578. The van der Waals surface area contributed by atoms with Crippen molar-refractivity contribution in [3.63, 3.8) is 0 Å². The first-order valence-electron chi connectivity index (χ1n) is 9.71. The van der Waals surface area contributed by atoms with Gasteiger partial charge in [-0.2, -0.15) is 4.57 Å². The highest BCUT2D eigenvalue weighted by molar-refractivity contribution is 7.81. The first-order chi connectivity index (χ1) is 14.7. The molecule has 0 aliphatic heterocycles. The minimum Gasteiger partial charge on any atom is -0.867 e. The van der Waals surface area contributed by atoms with Crippen molar-refractivity contribution in [1.29, 1.82) is 0 Å². The molecule has 0 atom stereocenters. The molecule has 0 saturated heterocycles.